The highest BCUT2D eigenvalue weighted by Gasteiger charge is 2.28. The molecule has 1 aromatic heterocycles. The number of carbonyl (C=O) groups is 2. The molecule has 2 heterocycles. The predicted molar refractivity (Wildman–Crippen MR) is 106 cm³/mol. The van der Waals surface area contributed by atoms with Crippen LogP contribution in [0.2, 0.25) is 5.02 Å². The SMILES string of the molecule is Cc1csc(NC(=O)C2CCN(C(=O)COc3ccc(Cl)c(C)c3)CC2)n1. The molecule has 1 aliphatic heterocycles. The van der Waals surface area contributed by atoms with Crippen molar-refractivity contribution >= 4 is 39.9 Å². The van der Waals surface area contributed by atoms with Crippen LogP contribution in [-0.4, -0.2) is 41.4 Å². The number of thiazole rings is 1. The smallest absolute Gasteiger partial charge is 0.260 e. The molecule has 3 rings (SSSR count). The number of piperidine rings is 1. The van der Waals surface area contributed by atoms with E-state index in [1.807, 2.05) is 25.3 Å². The minimum absolute atomic E-state index is 0.0175. The minimum Gasteiger partial charge on any atom is -0.484 e. The van der Waals surface area contributed by atoms with Crippen molar-refractivity contribution in [2.75, 3.05) is 25.0 Å². The van der Waals surface area contributed by atoms with Crippen LogP contribution in [0.5, 0.6) is 5.75 Å². The molecular formula is C19H22ClN3O3S. The molecule has 1 N–H and O–H groups in total. The average Bonchev–Trinajstić information content (AvgIpc) is 3.07. The third-order valence-corrected chi connectivity index (χ3v) is 5.86. The lowest BCUT2D eigenvalue weighted by molar-refractivity contribution is -0.136. The van der Waals surface area contributed by atoms with E-state index < -0.39 is 0 Å². The summed E-state index contributed by atoms with van der Waals surface area (Å²) in [4.78, 5) is 30.7. The summed E-state index contributed by atoms with van der Waals surface area (Å²) in [7, 11) is 0. The number of ether oxygens (including phenoxy) is 1. The molecule has 144 valence electrons. The Kier molecular flexibility index (Phi) is 6.34. The lowest BCUT2D eigenvalue weighted by Crippen LogP contribution is -2.43. The zero-order valence-electron chi connectivity index (χ0n) is 15.3. The Labute approximate surface area is 167 Å². The maximum atomic E-state index is 12.4. The van der Waals surface area contributed by atoms with Crippen molar-refractivity contribution < 1.29 is 14.3 Å². The van der Waals surface area contributed by atoms with E-state index in [0.29, 0.717) is 41.8 Å². The topological polar surface area (TPSA) is 71.5 Å². The van der Waals surface area contributed by atoms with Crippen LogP contribution >= 0.6 is 22.9 Å². The second kappa shape index (κ2) is 8.71. The number of carbonyl (C=O) groups excluding carboxylic acids is 2. The van der Waals surface area contributed by atoms with Gasteiger partial charge < -0.3 is 15.0 Å². The van der Waals surface area contributed by atoms with E-state index in [-0.39, 0.29) is 24.3 Å². The third-order valence-electron chi connectivity index (χ3n) is 4.56. The number of aryl methyl sites for hydroxylation is 2. The Morgan fingerprint density at radius 1 is 1.33 bits per heavy atom. The van der Waals surface area contributed by atoms with Gasteiger partial charge >= 0.3 is 0 Å². The Morgan fingerprint density at radius 2 is 2.07 bits per heavy atom. The zero-order chi connectivity index (χ0) is 19.4. The van der Waals surface area contributed by atoms with Gasteiger partial charge in [-0.3, -0.25) is 9.59 Å². The van der Waals surface area contributed by atoms with E-state index in [1.54, 1.807) is 17.0 Å². The van der Waals surface area contributed by atoms with Gasteiger partial charge in [-0.1, -0.05) is 11.6 Å². The zero-order valence-corrected chi connectivity index (χ0v) is 16.9. The number of hydrogen-bond donors (Lipinski definition) is 1. The number of halogens is 1. The Bertz CT molecular complexity index is 831. The number of amides is 2. The molecule has 2 aromatic rings. The molecule has 0 aliphatic carbocycles. The molecule has 1 aliphatic rings. The van der Waals surface area contributed by atoms with Crippen molar-refractivity contribution in [1.29, 1.82) is 0 Å². The molecule has 1 aromatic carbocycles. The summed E-state index contributed by atoms with van der Waals surface area (Å²) in [5.74, 6) is 0.428. The maximum Gasteiger partial charge on any atom is 0.260 e. The van der Waals surface area contributed by atoms with E-state index in [4.69, 9.17) is 16.3 Å². The summed E-state index contributed by atoms with van der Waals surface area (Å²) in [5, 5.41) is 6.06. The van der Waals surface area contributed by atoms with Crippen molar-refractivity contribution in [2.45, 2.75) is 26.7 Å². The normalized spacial score (nSPS) is 14.9. The van der Waals surface area contributed by atoms with Gasteiger partial charge in [0.05, 0.1) is 5.69 Å². The number of hydrogen-bond acceptors (Lipinski definition) is 5. The fraction of sp³-hybridized carbons (Fsp3) is 0.421. The minimum atomic E-state index is -0.0990. The molecule has 0 saturated carbocycles. The number of aromatic nitrogens is 1. The van der Waals surface area contributed by atoms with Gasteiger partial charge in [0.1, 0.15) is 5.75 Å². The predicted octanol–water partition coefficient (Wildman–Crippen LogP) is 3.67. The van der Waals surface area contributed by atoms with Gasteiger partial charge in [0.15, 0.2) is 11.7 Å². The lowest BCUT2D eigenvalue weighted by Gasteiger charge is -2.31. The molecule has 8 heteroatoms. The van der Waals surface area contributed by atoms with Gasteiger partial charge in [0, 0.05) is 29.4 Å². The van der Waals surface area contributed by atoms with Crippen LogP contribution in [0.15, 0.2) is 23.6 Å². The highest BCUT2D eigenvalue weighted by atomic mass is 35.5. The first kappa shape index (κ1) is 19.6. The molecule has 1 fully saturated rings. The number of anilines is 1. The van der Waals surface area contributed by atoms with Crippen LogP contribution in [0.3, 0.4) is 0 Å². The Morgan fingerprint density at radius 3 is 2.70 bits per heavy atom. The molecule has 0 atom stereocenters. The molecule has 0 unspecified atom stereocenters. The third kappa shape index (κ3) is 5.20. The van der Waals surface area contributed by atoms with E-state index in [0.717, 1.165) is 11.3 Å². The highest BCUT2D eigenvalue weighted by molar-refractivity contribution is 7.13. The molecule has 1 saturated heterocycles. The fourth-order valence-electron chi connectivity index (χ4n) is 2.95. The standard InChI is InChI=1S/C19H22ClN3O3S/c1-12-9-15(3-4-16(12)20)26-10-17(24)23-7-5-14(6-8-23)18(25)22-19-21-13(2)11-27-19/h3-4,9,11,14H,5-8,10H2,1-2H3,(H,21,22,25). The van der Waals surface area contributed by atoms with E-state index in [1.165, 1.54) is 11.3 Å². The monoisotopic (exact) mass is 407 g/mol. The second-order valence-corrected chi connectivity index (χ2v) is 7.90. The van der Waals surface area contributed by atoms with Crippen molar-refractivity contribution in [3.8, 4) is 5.75 Å². The second-order valence-electron chi connectivity index (χ2n) is 6.64. The average molecular weight is 408 g/mol. The number of nitrogens with one attached hydrogen (secondary N) is 1. The summed E-state index contributed by atoms with van der Waals surface area (Å²) < 4.78 is 5.58. The lowest BCUT2D eigenvalue weighted by atomic mass is 9.96. The van der Waals surface area contributed by atoms with Gasteiger partial charge in [0.2, 0.25) is 5.91 Å². The molecule has 0 radical (unpaired) electrons. The number of benzene rings is 1. The van der Waals surface area contributed by atoms with Crippen LogP contribution in [0.25, 0.3) is 0 Å². The van der Waals surface area contributed by atoms with Crippen molar-refractivity contribution in [1.82, 2.24) is 9.88 Å². The first-order valence-electron chi connectivity index (χ1n) is 8.82. The van der Waals surface area contributed by atoms with Crippen LogP contribution in [0, 0.1) is 19.8 Å². The number of rotatable bonds is 5. The van der Waals surface area contributed by atoms with Crippen LogP contribution in [0.1, 0.15) is 24.1 Å². The first-order chi connectivity index (χ1) is 12.9. The van der Waals surface area contributed by atoms with E-state index in [9.17, 15) is 9.59 Å². The van der Waals surface area contributed by atoms with E-state index in [2.05, 4.69) is 10.3 Å². The largest absolute Gasteiger partial charge is 0.484 e. The summed E-state index contributed by atoms with van der Waals surface area (Å²) in [6.45, 7) is 4.87. The van der Waals surface area contributed by atoms with Gasteiger partial charge in [-0.2, -0.15) is 0 Å². The van der Waals surface area contributed by atoms with Crippen LogP contribution < -0.4 is 10.1 Å². The van der Waals surface area contributed by atoms with E-state index >= 15 is 0 Å². The van der Waals surface area contributed by atoms with Gasteiger partial charge in [0.25, 0.3) is 5.91 Å². The van der Waals surface area contributed by atoms with Gasteiger partial charge in [-0.15, -0.1) is 11.3 Å². The van der Waals surface area contributed by atoms with Gasteiger partial charge in [-0.05, 0) is 50.5 Å². The molecular weight excluding hydrogens is 386 g/mol. The summed E-state index contributed by atoms with van der Waals surface area (Å²) >= 11 is 7.41. The maximum absolute atomic E-state index is 12.4. The van der Waals surface area contributed by atoms with Crippen LogP contribution in [0.4, 0.5) is 5.13 Å². The van der Waals surface area contributed by atoms with Gasteiger partial charge in [-0.25, -0.2) is 4.98 Å². The van der Waals surface area contributed by atoms with Crippen LogP contribution in [-0.2, 0) is 9.59 Å². The summed E-state index contributed by atoms with van der Waals surface area (Å²) in [5.41, 5.74) is 1.80. The summed E-state index contributed by atoms with van der Waals surface area (Å²) in [6, 6.07) is 5.32. The highest BCUT2D eigenvalue weighted by Crippen LogP contribution is 2.23. The Balaban J connectivity index is 1.44. The van der Waals surface area contributed by atoms with Crippen molar-refractivity contribution in [2.24, 2.45) is 5.92 Å². The van der Waals surface area contributed by atoms with Crippen molar-refractivity contribution in [3.05, 3.63) is 39.9 Å². The first-order valence-corrected chi connectivity index (χ1v) is 10.1. The molecule has 0 bridgehead atoms. The molecule has 27 heavy (non-hydrogen) atoms. The molecule has 2 amide bonds. The van der Waals surface area contributed by atoms with Crippen molar-refractivity contribution in [3.63, 3.8) is 0 Å². The summed E-state index contributed by atoms with van der Waals surface area (Å²) in [6.07, 6.45) is 1.28. The Hall–Kier alpha value is -2.12. The quantitative estimate of drug-likeness (QED) is 0.820. The molecule has 0 spiro atoms. The molecule has 6 nitrogen and oxygen atoms in total. The number of nitrogens with zero attached hydrogens (tertiary/aromatic N) is 2. The fourth-order valence-corrected chi connectivity index (χ4v) is 3.76. The number of likely N-dealkylation sites (tertiary alicyclic amines) is 1.